The number of halogens is 1. The summed E-state index contributed by atoms with van der Waals surface area (Å²) in [6, 6.07) is 7.38. The van der Waals surface area contributed by atoms with Gasteiger partial charge in [-0.05, 0) is 53.6 Å². The minimum Gasteiger partial charge on any atom is -0.338 e. The van der Waals surface area contributed by atoms with E-state index in [-0.39, 0.29) is 30.6 Å². The first-order valence-electron chi connectivity index (χ1n) is 6.70. The zero-order valence-corrected chi connectivity index (χ0v) is 14.7. The van der Waals surface area contributed by atoms with Gasteiger partial charge in [-0.1, -0.05) is 6.07 Å². The lowest BCUT2D eigenvalue weighted by atomic mass is 9.93. The second-order valence-corrected chi connectivity index (χ2v) is 7.88. The maximum Gasteiger partial charge on any atom is 0.276 e. The van der Waals surface area contributed by atoms with Crippen molar-refractivity contribution in [3.05, 3.63) is 27.8 Å². The van der Waals surface area contributed by atoms with Crippen LogP contribution in [-0.4, -0.2) is 37.4 Å². The molecular formula is C13H17IN4O3S. The van der Waals surface area contributed by atoms with Gasteiger partial charge in [0.2, 0.25) is 5.78 Å². The molecule has 22 heavy (non-hydrogen) atoms. The number of carbonyl (C=O) groups excluding carboxylic acids is 1. The van der Waals surface area contributed by atoms with Crippen LogP contribution in [0.3, 0.4) is 0 Å². The monoisotopic (exact) mass is 436 g/mol. The van der Waals surface area contributed by atoms with Crippen LogP contribution in [0.1, 0.15) is 12.8 Å². The van der Waals surface area contributed by atoms with Crippen molar-refractivity contribution in [2.45, 2.75) is 12.8 Å². The second kappa shape index (κ2) is 7.02. The molecule has 7 nitrogen and oxygen atoms in total. The van der Waals surface area contributed by atoms with Gasteiger partial charge in [0.1, 0.15) is 0 Å². The number of piperidine rings is 1. The molecule has 1 saturated heterocycles. The van der Waals surface area contributed by atoms with Crippen molar-refractivity contribution in [3.63, 3.8) is 0 Å². The molecule has 4 N–H and O–H groups in total. The first kappa shape index (κ1) is 17.3. The number of carbonyl (C=O) groups is 1. The maximum atomic E-state index is 12.3. The van der Waals surface area contributed by atoms with E-state index in [9.17, 15) is 13.2 Å². The average molecular weight is 436 g/mol. The van der Waals surface area contributed by atoms with Crippen LogP contribution in [0.2, 0.25) is 0 Å². The highest BCUT2D eigenvalue weighted by atomic mass is 127. The SMILES string of the molecule is N=C(Nc1cccc(I)c1)C(=O)C1CCN(S(N)(=O)=O)CC1. The topological polar surface area (TPSA) is 116 Å². The van der Waals surface area contributed by atoms with E-state index in [0.29, 0.717) is 18.5 Å². The molecule has 1 aromatic rings. The van der Waals surface area contributed by atoms with Gasteiger partial charge in [-0.3, -0.25) is 10.2 Å². The minimum atomic E-state index is -3.70. The van der Waals surface area contributed by atoms with E-state index < -0.39 is 10.2 Å². The first-order chi connectivity index (χ1) is 10.3. The second-order valence-electron chi connectivity index (χ2n) is 5.09. The van der Waals surface area contributed by atoms with E-state index in [1.807, 2.05) is 18.2 Å². The summed E-state index contributed by atoms with van der Waals surface area (Å²) in [5, 5.41) is 15.8. The zero-order chi connectivity index (χ0) is 16.3. The molecule has 0 bridgehead atoms. The van der Waals surface area contributed by atoms with Crippen molar-refractivity contribution in [3.8, 4) is 0 Å². The van der Waals surface area contributed by atoms with Crippen molar-refractivity contribution >= 4 is 50.1 Å². The Balaban J connectivity index is 1.94. The van der Waals surface area contributed by atoms with Crippen LogP contribution < -0.4 is 10.5 Å². The summed E-state index contributed by atoms with van der Waals surface area (Å²) in [6.07, 6.45) is 0.761. The number of rotatable bonds is 4. The lowest BCUT2D eigenvalue weighted by Crippen LogP contribution is -2.44. The molecule has 120 valence electrons. The number of Topliss-reactive ketones (excluding diaryl/α,β-unsaturated/α-hetero) is 1. The Morgan fingerprint density at radius 3 is 2.55 bits per heavy atom. The smallest absolute Gasteiger partial charge is 0.276 e. The third-order valence-electron chi connectivity index (χ3n) is 3.52. The largest absolute Gasteiger partial charge is 0.338 e. The predicted molar refractivity (Wildman–Crippen MR) is 92.9 cm³/mol. The van der Waals surface area contributed by atoms with Crippen LogP contribution in [0.15, 0.2) is 24.3 Å². The Kier molecular flexibility index (Phi) is 5.53. The van der Waals surface area contributed by atoms with Gasteiger partial charge in [0, 0.05) is 28.3 Å². The molecule has 0 spiro atoms. The van der Waals surface area contributed by atoms with Gasteiger partial charge in [-0.15, -0.1) is 0 Å². The molecule has 0 radical (unpaired) electrons. The third-order valence-corrected chi connectivity index (χ3v) is 5.28. The molecule has 0 unspecified atom stereocenters. The summed E-state index contributed by atoms with van der Waals surface area (Å²) < 4.78 is 24.6. The minimum absolute atomic E-state index is 0.170. The fraction of sp³-hybridized carbons (Fsp3) is 0.385. The Hall–Kier alpha value is -1.04. The summed E-state index contributed by atoms with van der Waals surface area (Å²) >= 11 is 2.15. The number of benzene rings is 1. The molecule has 1 fully saturated rings. The van der Waals surface area contributed by atoms with Gasteiger partial charge in [0.15, 0.2) is 5.84 Å². The lowest BCUT2D eigenvalue weighted by molar-refractivity contribution is -0.117. The van der Waals surface area contributed by atoms with Gasteiger partial charge in [0.05, 0.1) is 0 Å². The normalized spacial score (nSPS) is 17.2. The third kappa shape index (κ3) is 4.48. The maximum absolute atomic E-state index is 12.3. The Morgan fingerprint density at radius 2 is 2.00 bits per heavy atom. The van der Waals surface area contributed by atoms with Crippen LogP contribution >= 0.6 is 22.6 Å². The number of ketones is 1. The lowest BCUT2D eigenvalue weighted by Gasteiger charge is -2.29. The van der Waals surface area contributed by atoms with E-state index in [2.05, 4.69) is 27.9 Å². The summed E-state index contributed by atoms with van der Waals surface area (Å²) in [7, 11) is -3.70. The number of nitrogens with one attached hydrogen (secondary N) is 2. The number of nitrogens with zero attached hydrogens (tertiary/aromatic N) is 1. The molecular weight excluding hydrogens is 419 g/mol. The molecule has 1 aliphatic heterocycles. The molecule has 9 heteroatoms. The van der Waals surface area contributed by atoms with E-state index >= 15 is 0 Å². The predicted octanol–water partition coefficient (Wildman–Crippen LogP) is 1.16. The molecule has 1 aliphatic rings. The number of hydrogen-bond acceptors (Lipinski definition) is 4. The highest BCUT2D eigenvalue weighted by molar-refractivity contribution is 14.1. The summed E-state index contributed by atoms with van der Waals surface area (Å²) in [5.74, 6) is -0.815. The van der Waals surface area contributed by atoms with E-state index in [1.54, 1.807) is 6.07 Å². The quantitative estimate of drug-likeness (QED) is 0.373. The fourth-order valence-corrected chi connectivity index (χ4v) is 3.61. The van der Waals surface area contributed by atoms with Crippen LogP contribution in [0.5, 0.6) is 0 Å². The molecule has 1 heterocycles. The highest BCUT2D eigenvalue weighted by Gasteiger charge is 2.30. The van der Waals surface area contributed by atoms with Crippen molar-refractivity contribution in [1.82, 2.24) is 4.31 Å². The van der Waals surface area contributed by atoms with Crippen molar-refractivity contribution < 1.29 is 13.2 Å². The van der Waals surface area contributed by atoms with Crippen LogP contribution in [0.25, 0.3) is 0 Å². The number of hydrogen-bond donors (Lipinski definition) is 3. The fourth-order valence-electron chi connectivity index (χ4n) is 2.35. The Bertz CT molecular complexity index is 684. The van der Waals surface area contributed by atoms with Crippen LogP contribution in [-0.2, 0) is 15.0 Å². The van der Waals surface area contributed by atoms with Crippen LogP contribution in [0.4, 0.5) is 5.69 Å². The number of anilines is 1. The molecule has 0 amide bonds. The van der Waals surface area contributed by atoms with Crippen molar-refractivity contribution in [1.29, 1.82) is 5.41 Å². The molecule has 0 saturated carbocycles. The van der Waals surface area contributed by atoms with Crippen LogP contribution in [0, 0.1) is 14.9 Å². The molecule has 1 aromatic carbocycles. The van der Waals surface area contributed by atoms with Gasteiger partial charge < -0.3 is 5.32 Å². The molecule has 0 aromatic heterocycles. The molecule has 2 rings (SSSR count). The highest BCUT2D eigenvalue weighted by Crippen LogP contribution is 2.20. The van der Waals surface area contributed by atoms with E-state index in [0.717, 1.165) is 7.88 Å². The van der Waals surface area contributed by atoms with Gasteiger partial charge in [-0.2, -0.15) is 12.7 Å². The number of amidine groups is 1. The first-order valence-corrected chi connectivity index (χ1v) is 9.29. The standard InChI is InChI=1S/C13H17IN4O3S/c14-10-2-1-3-11(8-10)17-13(15)12(19)9-4-6-18(7-5-9)22(16,20)21/h1-3,8-9H,4-7H2,(H2,15,17)(H2,16,20,21). The van der Waals surface area contributed by atoms with E-state index in [4.69, 9.17) is 10.5 Å². The van der Waals surface area contributed by atoms with Gasteiger partial charge in [0.25, 0.3) is 10.2 Å². The number of nitrogens with two attached hydrogens (primary N) is 1. The summed E-state index contributed by atoms with van der Waals surface area (Å²) in [6.45, 7) is 0.428. The summed E-state index contributed by atoms with van der Waals surface area (Å²) in [5.41, 5.74) is 0.687. The van der Waals surface area contributed by atoms with Crippen molar-refractivity contribution in [2.75, 3.05) is 18.4 Å². The van der Waals surface area contributed by atoms with Crippen molar-refractivity contribution in [2.24, 2.45) is 11.1 Å². The molecule has 0 aliphatic carbocycles. The zero-order valence-electron chi connectivity index (χ0n) is 11.8. The average Bonchev–Trinajstić information content (AvgIpc) is 2.45. The van der Waals surface area contributed by atoms with Gasteiger partial charge >= 0.3 is 0 Å². The van der Waals surface area contributed by atoms with E-state index in [1.165, 1.54) is 0 Å². The van der Waals surface area contributed by atoms with Gasteiger partial charge in [-0.25, -0.2) is 5.14 Å². The Labute approximate surface area is 143 Å². The Morgan fingerprint density at radius 1 is 1.36 bits per heavy atom. The summed E-state index contributed by atoms with van der Waals surface area (Å²) in [4.78, 5) is 12.3. The molecule has 0 atom stereocenters.